The van der Waals surface area contributed by atoms with E-state index in [0.717, 1.165) is 40.6 Å². The number of carbonyl (C=O) groups excluding carboxylic acids is 1. The number of hydrogen-bond acceptors (Lipinski definition) is 3. The van der Waals surface area contributed by atoms with Crippen molar-refractivity contribution >= 4 is 27.8 Å². The van der Waals surface area contributed by atoms with E-state index in [2.05, 4.69) is 25.5 Å². The van der Waals surface area contributed by atoms with Gasteiger partial charge in [-0.25, -0.2) is 4.98 Å². The maximum absolute atomic E-state index is 12.3. The van der Waals surface area contributed by atoms with E-state index in [0.29, 0.717) is 12.1 Å². The van der Waals surface area contributed by atoms with Gasteiger partial charge in [0.15, 0.2) is 0 Å². The fourth-order valence-corrected chi connectivity index (χ4v) is 2.84. The number of aromatic amines is 2. The zero-order chi connectivity index (χ0) is 16.4. The Hall–Kier alpha value is -3.15. The van der Waals surface area contributed by atoms with Crippen LogP contribution in [0, 0.1) is 0 Å². The van der Waals surface area contributed by atoms with Crippen molar-refractivity contribution in [2.75, 3.05) is 6.54 Å². The minimum atomic E-state index is -0.0885. The van der Waals surface area contributed by atoms with Crippen LogP contribution in [-0.4, -0.2) is 32.6 Å². The Bertz CT molecular complexity index is 968. The molecule has 0 unspecified atom stereocenters. The van der Waals surface area contributed by atoms with Crippen LogP contribution in [0.25, 0.3) is 21.9 Å². The van der Waals surface area contributed by atoms with Gasteiger partial charge in [-0.1, -0.05) is 24.3 Å². The van der Waals surface area contributed by atoms with Crippen molar-refractivity contribution in [1.82, 2.24) is 25.5 Å². The Morgan fingerprint density at radius 2 is 2.04 bits per heavy atom. The molecule has 0 atom stereocenters. The second-order valence-electron chi connectivity index (χ2n) is 5.70. The molecule has 0 bridgehead atoms. The Balaban J connectivity index is 1.35. The summed E-state index contributed by atoms with van der Waals surface area (Å²) in [5.41, 5.74) is 3.41. The molecule has 0 aliphatic carbocycles. The van der Waals surface area contributed by atoms with E-state index >= 15 is 0 Å². The summed E-state index contributed by atoms with van der Waals surface area (Å²) in [6, 6.07) is 13.6. The number of nitrogens with zero attached hydrogens (tertiary/aromatic N) is 2. The number of aryl methyl sites for hydroxylation is 1. The number of rotatable bonds is 5. The molecule has 0 radical (unpaired) electrons. The van der Waals surface area contributed by atoms with Crippen LogP contribution in [0.15, 0.2) is 48.7 Å². The topological polar surface area (TPSA) is 86.5 Å². The summed E-state index contributed by atoms with van der Waals surface area (Å²) in [4.78, 5) is 20.2. The van der Waals surface area contributed by atoms with Gasteiger partial charge in [-0.15, -0.1) is 0 Å². The zero-order valence-electron chi connectivity index (χ0n) is 13.0. The molecule has 0 aliphatic rings. The molecule has 2 heterocycles. The third kappa shape index (κ3) is 2.74. The molecule has 0 saturated heterocycles. The first-order chi connectivity index (χ1) is 11.8. The molecule has 2 aromatic heterocycles. The standard InChI is InChI=1S/C18H17N5O/c24-18(13-6-3-5-12-11-20-23-17(12)13)19-10-4-9-16-21-14-7-1-2-8-15(14)22-16/h1-3,5-8,11H,4,9-10H2,(H,19,24)(H,20,23)(H,21,22). The van der Waals surface area contributed by atoms with Gasteiger partial charge in [0, 0.05) is 18.4 Å². The van der Waals surface area contributed by atoms with Crippen molar-refractivity contribution in [3.05, 3.63) is 60.0 Å². The molecular weight excluding hydrogens is 302 g/mol. The molecule has 0 fully saturated rings. The summed E-state index contributed by atoms with van der Waals surface area (Å²) in [7, 11) is 0. The summed E-state index contributed by atoms with van der Waals surface area (Å²) < 4.78 is 0. The third-order valence-electron chi connectivity index (χ3n) is 4.04. The summed E-state index contributed by atoms with van der Waals surface area (Å²) in [5.74, 6) is 0.857. The summed E-state index contributed by atoms with van der Waals surface area (Å²) in [5, 5.41) is 10.7. The Morgan fingerprint density at radius 1 is 1.12 bits per heavy atom. The minimum absolute atomic E-state index is 0.0885. The van der Waals surface area contributed by atoms with Crippen LogP contribution in [0.1, 0.15) is 22.6 Å². The van der Waals surface area contributed by atoms with Gasteiger partial charge in [0.05, 0.1) is 28.3 Å². The van der Waals surface area contributed by atoms with Crippen molar-refractivity contribution in [1.29, 1.82) is 0 Å². The Labute approximate surface area is 138 Å². The second kappa shape index (κ2) is 6.16. The van der Waals surface area contributed by atoms with E-state index in [1.54, 1.807) is 12.3 Å². The monoisotopic (exact) mass is 319 g/mol. The average molecular weight is 319 g/mol. The molecule has 6 nitrogen and oxygen atoms in total. The Kier molecular flexibility index (Phi) is 3.70. The Morgan fingerprint density at radius 3 is 2.96 bits per heavy atom. The van der Waals surface area contributed by atoms with Gasteiger partial charge in [0.2, 0.25) is 0 Å². The first-order valence-corrected chi connectivity index (χ1v) is 7.95. The number of imidazole rings is 1. The molecule has 3 N–H and O–H groups in total. The van der Waals surface area contributed by atoms with Crippen LogP contribution < -0.4 is 5.32 Å². The molecule has 4 aromatic rings. The van der Waals surface area contributed by atoms with Gasteiger partial charge in [-0.05, 0) is 24.6 Å². The van der Waals surface area contributed by atoms with E-state index in [-0.39, 0.29) is 5.91 Å². The predicted molar refractivity (Wildman–Crippen MR) is 92.8 cm³/mol. The van der Waals surface area contributed by atoms with Gasteiger partial charge in [-0.3, -0.25) is 9.89 Å². The third-order valence-corrected chi connectivity index (χ3v) is 4.04. The molecule has 1 amide bonds. The fourth-order valence-electron chi connectivity index (χ4n) is 2.84. The van der Waals surface area contributed by atoms with Crippen molar-refractivity contribution in [2.45, 2.75) is 12.8 Å². The van der Waals surface area contributed by atoms with Crippen molar-refractivity contribution in [3.8, 4) is 0 Å². The number of hydrogen-bond donors (Lipinski definition) is 3. The lowest BCUT2D eigenvalue weighted by Gasteiger charge is -2.05. The highest BCUT2D eigenvalue weighted by atomic mass is 16.1. The van der Waals surface area contributed by atoms with E-state index in [4.69, 9.17) is 0 Å². The molecule has 2 aromatic carbocycles. The maximum atomic E-state index is 12.3. The zero-order valence-corrected chi connectivity index (χ0v) is 13.0. The number of benzene rings is 2. The maximum Gasteiger partial charge on any atom is 0.253 e. The minimum Gasteiger partial charge on any atom is -0.352 e. The van der Waals surface area contributed by atoms with Gasteiger partial charge >= 0.3 is 0 Å². The fraction of sp³-hybridized carbons (Fsp3) is 0.167. The van der Waals surface area contributed by atoms with Gasteiger partial charge in [-0.2, -0.15) is 5.10 Å². The quantitative estimate of drug-likeness (QED) is 0.494. The largest absolute Gasteiger partial charge is 0.352 e. The lowest BCUT2D eigenvalue weighted by Crippen LogP contribution is -2.25. The summed E-state index contributed by atoms with van der Waals surface area (Å²) >= 11 is 0. The normalized spacial score (nSPS) is 11.2. The van der Waals surface area contributed by atoms with Crippen LogP contribution in [0.5, 0.6) is 0 Å². The highest BCUT2D eigenvalue weighted by Gasteiger charge is 2.10. The van der Waals surface area contributed by atoms with Crippen LogP contribution in [0.3, 0.4) is 0 Å². The molecule has 0 aliphatic heterocycles. The highest BCUT2D eigenvalue weighted by Crippen LogP contribution is 2.15. The molecule has 24 heavy (non-hydrogen) atoms. The number of carbonyl (C=O) groups is 1. The van der Waals surface area contributed by atoms with Gasteiger partial charge < -0.3 is 10.3 Å². The van der Waals surface area contributed by atoms with E-state index in [9.17, 15) is 4.79 Å². The molecule has 4 rings (SSSR count). The highest BCUT2D eigenvalue weighted by molar-refractivity contribution is 6.05. The van der Waals surface area contributed by atoms with Crippen LogP contribution >= 0.6 is 0 Å². The predicted octanol–water partition coefficient (Wildman–Crippen LogP) is 2.80. The lowest BCUT2D eigenvalue weighted by molar-refractivity contribution is 0.0954. The van der Waals surface area contributed by atoms with Gasteiger partial charge in [0.25, 0.3) is 5.91 Å². The smallest absolute Gasteiger partial charge is 0.253 e. The van der Waals surface area contributed by atoms with E-state index in [1.165, 1.54) is 0 Å². The van der Waals surface area contributed by atoms with Crippen molar-refractivity contribution < 1.29 is 4.79 Å². The summed E-state index contributed by atoms with van der Waals surface area (Å²) in [6.07, 6.45) is 3.33. The lowest BCUT2D eigenvalue weighted by atomic mass is 10.1. The molecule has 120 valence electrons. The number of para-hydroxylation sites is 3. The number of amides is 1. The second-order valence-corrected chi connectivity index (χ2v) is 5.70. The first-order valence-electron chi connectivity index (χ1n) is 7.95. The van der Waals surface area contributed by atoms with Crippen molar-refractivity contribution in [2.24, 2.45) is 0 Å². The molecule has 6 heteroatoms. The van der Waals surface area contributed by atoms with Crippen molar-refractivity contribution in [3.63, 3.8) is 0 Å². The SMILES string of the molecule is O=C(NCCCc1nc2ccccc2[nH]1)c1cccc2cn[nH]c12. The van der Waals surface area contributed by atoms with Crippen LogP contribution in [0.2, 0.25) is 0 Å². The number of fused-ring (bicyclic) bond motifs is 2. The van der Waals surface area contributed by atoms with E-state index in [1.807, 2.05) is 36.4 Å². The van der Waals surface area contributed by atoms with E-state index < -0.39 is 0 Å². The van der Waals surface area contributed by atoms with Crippen LogP contribution in [-0.2, 0) is 6.42 Å². The number of H-pyrrole nitrogens is 2. The molecular formula is C18H17N5O. The molecule has 0 saturated carbocycles. The number of nitrogens with one attached hydrogen (secondary N) is 3. The summed E-state index contributed by atoms with van der Waals surface area (Å²) in [6.45, 7) is 0.598. The molecule has 0 spiro atoms. The van der Waals surface area contributed by atoms with Crippen LogP contribution in [0.4, 0.5) is 0 Å². The first kappa shape index (κ1) is 14.4. The van der Waals surface area contributed by atoms with Gasteiger partial charge in [0.1, 0.15) is 5.82 Å². The average Bonchev–Trinajstić information content (AvgIpc) is 3.24. The number of aromatic nitrogens is 4.